The second kappa shape index (κ2) is 5.48. The number of amidine groups is 1. The number of nitrogen functional groups attached to an aromatic ring is 1. The van der Waals surface area contributed by atoms with Crippen LogP contribution >= 0.6 is 0 Å². The van der Waals surface area contributed by atoms with Gasteiger partial charge in [-0.05, 0) is 31.4 Å². The van der Waals surface area contributed by atoms with Gasteiger partial charge in [0.25, 0.3) is 0 Å². The molecule has 0 aromatic heterocycles. The van der Waals surface area contributed by atoms with Gasteiger partial charge in [0.2, 0.25) is 0 Å². The van der Waals surface area contributed by atoms with Crippen molar-refractivity contribution < 1.29 is 4.39 Å². The van der Waals surface area contributed by atoms with E-state index < -0.39 is 0 Å². The van der Waals surface area contributed by atoms with Crippen LogP contribution in [-0.2, 0) is 6.54 Å². The molecule has 1 aliphatic carbocycles. The van der Waals surface area contributed by atoms with Crippen molar-refractivity contribution in [3.05, 3.63) is 35.1 Å². The first-order valence-electron chi connectivity index (χ1n) is 6.45. The van der Waals surface area contributed by atoms with Crippen molar-refractivity contribution in [1.82, 2.24) is 4.90 Å². The molecular formula is C14H20FN3. The van der Waals surface area contributed by atoms with Crippen molar-refractivity contribution >= 4 is 5.84 Å². The van der Waals surface area contributed by atoms with Gasteiger partial charge < -0.3 is 5.73 Å². The lowest BCUT2D eigenvalue weighted by molar-refractivity contribution is 0.264. The largest absolute Gasteiger partial charge is 0.384 e. The maximum absolute atomic E-state index is 13.9. The SMILES string of the molecule is CCN(Cc1ccc(C(=N)N)cc1F)CC1CC1. The fraction of sp³-hybridized carbons (Fsp3) is 0.500. The van der Waals surface area contributed by atoms with Crippen LogP contribution in [0.4, 0.5) is 4.39 Å². The first-order valence-corrected chi connectivity index (χ1v) is 6.45. The van der Waals surface area contributed by atoms with Crippen molar-refractivity contribution in [2.24, 2.45) is 11.7 Å². The lowest BCUT2D eigenvalue weighted by atomic mass is 10.1. The monoisotopic (exact) mass is 249 g/mol. The molecule has 1 aromatic carbocycles. The molecule has 0 unspecified atom stereocenters. The van der Waals surface area contributed by atoms with Gasteiger partial charge in [0.05, 0.1) is 0 Å². The highest BCUT2D eigenvalue weighted by Crippen LogP contribution is 2.30. The van der Waals surface area contributed by atoms with Crippen LogP contribution in [0.3, 0.4) is 0 Å². The molecule has 0 spiro atoms. The average Bonchev–Trinajstić information content (AvgIpc) is 3.14. The summed E-state index contributed by atoms with van der Waals surface area (Å²) in [6, 6.07) is 4.80. The van der Waals surface area contributed by atoms with Crippen LogP contribution in [0.15, 0.2) is 18.2 Å². The van der Waals surface area contributed by atoms with Crippen LogP contribution < -0.4 is 5.73 Å². The molecule has 0 heterocycles. The summed E-state index contributed by atoms with van der Waals surface area (Å²) >= 11 is 0. The van der Waals surface area contributed by atoms with Gasteiger partial charge in [-0.3, -0.25) is 10.3 Å². The van der Waals surface area contributed by atoms with E-state index in [1.54, 1.807) is 12.1 Å². The molecule has 0 aliphatic heterocycles. The van der Waals surface area contributed by atoms with Crippen LogP contribution in [0.1, 0.15) is 30.9 Å². The van der Waals surface area contributed by atoms with Gasteiger partial charge in [-0.15, -0.1) is 0 Å². The van der Waals surface area contributed by atoms with Gasteiger partial charge in [0, 0.05) is 24.2 Å². The molecule has 3 N–H and O–H groups in total. The number of hydrogen-bond donors (Lipinski definition) is 2. The van der Waals surface area contributed by atoms with Gasteiger partial charge in [0.1, 0.15) is 11.7 Å². The highest BCUT2D eigenvalue weighted by Gasteiger charge is 2.24. The molecule has 3 nitrogen and oxygen atoms in total. The van der Waals surface area contributed by atoms with Crippen LogP contribution in [0.5, 0.6) is 0 Å². The van der Waals surface area contributed by atoms with Gasteiger partial charge in [-0.25, -0.2) is 4.39 Å². The van der Waals surface area contributed by atoms with E-state index in [1.165, 1.54) is 18.9 Å². The van der Waals surface area contributed by atoms with Gasteiger partial charge in [-0.1, -0.05) is 19.1 Å². The summed E-state index contributed by atoms with van der Waals surface area (Å²) < 4.78 is 13.9. The Labute approximate surface area is 107 Å². The Balaban J connectivity index is 2.05. The number of nitrogens with one attached hydrogen (secondary N) is 1. The van der Waals surface area contributed by atoms with E-state index in [0.717, 1.165) is 19.0 Å². The molecule has 0 atom stereocenters. The van der Waals surface area contributed by atoms with E-state index >= 15 is 0 Å². The molecule has 4 heteroatoms. The molecular weight excluding hydrogens is 229 g/mol. The average molecular weight is 249 g/mol. The zero-order valence-corrected chi connectivity index (χ0v) is 10.7. The summed E-state index contributed by atoms with van der Waals surface area (Å²) in [4.78, 5) is 2.27. The highest BCUT2D eigenvalue weighted by molar-refractivity contribution is 5.94. The minimum absolute atomic E-state index is 0.0919. The Kier molecular flexibility index (Phi) is 3.97. The van der Waals surface area contributed by atoms with E-state index in [1.807, 2.05) is 0 Å². The predicted molar refractivity (Wildman–Crippen MR) is 71.1 cm³/mol. The zero-order valence-electron chi connectivity index (χ0n) is 10.7. The van der Waals surface area contributed by atoms with Crippen LogP contribution in [0, 0.1) is 17.1 Å². The number of halogens is 1. The summed E-state index contributed by atoms with van der Waals surface area (Å²) in [6.45, 7) is 4.73. The standard InChI is InChI=1S/C14H20FN3/c1-2-18(8-10-3-4-10)9-12-6-5-11(14(16)17)7-13(12)15/h5-7,10H,2-4,8-9H2,1H3,(H3,16,17). The van der Waals surface area contributed by atoms with Gasteiger partial charge in [-0.2, -0.15) is 0 Å². The maximum atomic E-state index is 13.9. The number of rotatable bonds is 6. The third kappa shape index (κ3) is 3.29. The lowest BCUT2D eigenvalue weighted by Crippen LogP contribution is -2.25. The number of benzene rings is 1. The van der Waals surface area contributed by atoms with Crippen LogP contribution in [0.25, 0.3) is 0 Å². The second-order valence-corrected chi connectivity index (χ2v) is 4.99. The molecule has 1 aromatic rings. The van der Waals surface area contributed by atoms with Crippen molar-refractivity contribution in [3.63, 3.8) is 0 Å². The number of nitrogens with zero attached hydrogens (tertiary/aromatic N) is 1. The third-order valence-corrected chi connectivity index (χ3v) is 3.42. The smallest absolute Gasteiger partial charge is 0.128 e. The molecule has 1 fully saturated rings. The number of hydrogen-bond acceptors (Lipinski definition) is 2. The maximum Gasteiger partial charge on any atom is 0.128 e. The summed E-state index contributed by atoms with van der Waals surface area (Å²) in [5, 5.41) is 7.28. The van der Waals surface area contributed by atoms with Crippen molar-refractivity contribution in [3.8, 4) is 0 Å². The molecule has 0 bridgehead atoms. The Hall–Kier alpha value is -1.42. The third-order valence-electron chi connectivity index (χ3n) is 3.42. The van der Waals surface area contributed by atoms with E-state index in [9.17, 15) is 4.39 Å². The van der Waals surface area contributed by atoms with Crippen molar-refractivity contribution in [2.75, 3.05) is 13.1 Å². The fourth-order valence-electron chi connectivity index (χ4n) is 2.06. The molecule has 0 saturated heterocycles. The fourth-order valence-corrected chi connectivity index (χ4v) is 2.06. The minimum Gasteiger partial charge on any atom is -0.384 e. The van der Waals surface area contributed by atoms with Crippen LogP contribution in [0.2, 0.25) is 0 Å². The predicted octanol–water partition coefficient (Wildman–Crippen LogP) is 2.34. The first kappa shape index (κ1) is 13.0. The summed E-state index contributed by atoms with van der Waals surface area (Å²) in [5.41, 5.74) is 6.47. The molecule has 0 amide bonds. The van der Waals surface area contributed by atoms with E-state index in [2.05, 4.69) is 11.8 Å². The van der Waals surface area contributed by atoms with E-state index in [-0.39, 0.29) is 11.7 Å². The normalized spacial score (nSPS) is 15.1. The van der Waals surface area contributed by atoms with Gasteiger partial charge >= 0.3 is 0 Å². The Morgan fingerprint density at radius 2 is 2.22 bits per heavy atom. The Morgan fingerprint density at radius 3 is 2.72 bits per heavy atom. The topological polar surface area (TPSA) is 53.1 Å². The van der Waals surface area contributed by atoms with Crippen molar-refractivity contribution in [2.45, 2.75) is 26.3 Å². The molecule has 1 aliphatic rings. The minimum atomic E-state index is -0.267. The highest BCUT2D eigenvalue weighted by atomic mass is 19.1. The lowest BCUT2D eigenvalue weighted by Gasteiger charge is -2.20. The molecule has 2 rings (SSSR count). The summed E-state index contributed by atoms with van der Waals surface area (Å²) in [6.07, 6.45) is 2.62. The Morgan fingerprint density at radius 1 is 1.50 bits per heavy atom. The summed E-state index contributed by atoms with van der Waals surface area (Å²) in [7, 11) is 0. The van der Waals surface area contributed by atoms with E-state index in [4.69, 9.17) is 11.1 Å². The van der Waals surface area contributed by atoms with Crippen molar-refractivity contribution in [1.29, 1.82) is 5.41 Å². The number of nitrogens with two attached hydrogens (primary N) is 1. The quantitative estimate of drug-likeness (QED) is 0.600. The van der Waals surface area contributed by atoms with E-state index in [0.29, 0.717) is 17.7 Å². The molecule has 1 saturated carbocycles. The van der Waals surface area contributed by atoms with Gasteiger partial charge in [0.15, 0.2) is 0 Å². The molecule has 98 valence electrons. The molecule has 0 radical (unpaired) electrons. The first-order chi connectivity index (χ1) is 8.60. The second-order valence-electron chi connectivity index (χ2n) is 4.99. The Bertz CT molecular complexity index is 441. The van der Waals surface area contributed by atoms with Crippen LogP contribution in [-0.4, -0.2) is 23.8 Å². The molecule has 18 heavy (non-hydrogen) atoms. The summed E-state index contributed by atoms with van der Waals surface area (Å²) in [5.74, 6) is 0.451. The zero-order chi connectivity index (χ0) is 13.1.